The molecular formula is C18H21N3O5S. The standard InChI is InChI=1S/C18H21N3O5S/c1-10(22)21-15(23)9-16(21)27(25,26)20-18(24)19-17-13-6-2-4-11(13)8-12-5-3-7-14(12)17/h8,16H,2-7,9H2,1H3,(H2,19,20,24). The van der Waals surface area contributed by atoms with E-state index in [1.807, 2.05) is 4.72 Å². The molecule has 1 aromatic carbocycles. The van der Waals surface area contributed by atoms with E-state index in [4.69, 9.17) is 0 Å². The summed E-state index contributed by atoms with van der Waals surface area (Å²) < 4.78 is 26.8. The van der Waals surface area contributed by atoms with Crippen molar-refractivity contribution in [1.29, 1.82) is 0 Å². The molecule has 8 nitrogen and oxygen atoms in total. The fraction of sp³-hybridized carbons (Fsp3) is 0.500. The van der Waals surface area contributed by atoms with Gasteiger partial charge in [0.1, 0.15) is 0 Å². The second kappa shape index (κ2) is 6.33. The minimum Gasteiger partial charge on any atom is -0.307 e. The van der Waals surface area contributed by atoms with Crippen LogP contribution in [0.3, 0.4) is 0 Å². The van der Waals surface area contributed by atoms with E-state index in [1.54, 1.807) is 0 Å². The number of nitrogens with one attached hydrogen (secondary N) is 2. The van der Waals surface area contributed by atoms with Crippen molar-refractivity contribution in [2.45, 2.75) is 57.2 Å². The SMILES string of the molecule is CC(=O)N1C(=O)CC1S(=O)(=O)NC(=O)Nc1c2c(cc3c1CCC3)CCC2. The highest BCUT2D eigenvalue weighted by Gasteiger charge is 2.48. The van der Waals surface area contributed by atoms with Gasteiger partial charge < -0.3 is 5.32 Å². The minimum absolute atomic E-state index is 0.307. The number of likely N-dealkylation sites (tertiary alicyclic amines) is 1. The van der Waals surface area contributed by atoms with E-state index in [1.165, 1.54) is 11.1 Å². The predicted molar refractivity (Wildman–Crippen MR) is 97.5 cm³/mol. The lowest BCUT2D eigenvalue weighted by Gasteiger charge is -2.36. The number of sulfonamides is 1. The lowest BCUT2D eigenvalue weighted by Crippen LogP contribution is -2.61. The average Bonchev–Trinajstić information content (AvgIpc) is 3.19. The highest BCUT2D eigenvalue weighted by atomic mass is 32.2. The molecule has 1 saturated heterocycles. The first-order chi connectivity index (χ1) is 12.8. The molecule has 27 heavy (non-hydrogen) atoms. The van der Waals surface area contributed by atoms with Crippen LogP contribution in [-0.2, 0) is 45.3 Å². The van der Waals surface area contributed by atoms with Crippen molar-refractivity contribution in [3.05, 3.63) is 28.3 Å². The highest BCUT2D eigenvalue weighted by molar-refractivity contribution is 7.90. The second-order valence-electron chi connectivity index (χ2n) is 7.28. The Morgan fingerprint density at radius 3 is 2.19 bits per heavy atom. The van der Waals surface area contributed by atoms with Gasteiger partial charge in [-0.1, -0.05) is 6.07 Å². The number of carbonyl (C=O) groups is 3. The molecule has 0 spiro atoms. The zero-order valence-corrected chi connectivity index (χ0v) is 15.8. The Morgan fingerprint density at radius 2 is 1.67 bits per heavy atom. The van der Waals surface area contributed by atoms with Gasteiger partial charge in [0.05, 0.1) is 6.42 Å². The van der Waals surface area contributed by atoms with Crippen LogP contribution in [0, 0.1) is 0 Å². The van der Waals surface area contributed by atoms with Crippen LogP contribution in [0.15, 0.2) is 6.07 Å². The average molecular weight is 391 g/mol. The summed E-state index contributed by atoms with van der Waals surface area (Å²) in [5.74, 6) is -1.21. The van der Waals surface area contributed by atoms with E-state index < -0.39 is 33.2 Å². The Balaban J connectivity index is 1.54. The van der Waals surface area contributed by atoms with Gasteiger partial charge in [-0.25, -0.2) is 17.9 Å². The molecule has 1 atom stereocenters. The van der Waals surface area contributed by atoms with Crippen LogP contribution >= 0.6 is 0 Å². The van der Waals surface area contributed by atoms with Gasteiger partial charge >= 0.3 is 6.03 Å². The Morgan fingerprint density at radius 1 is 1.07 bits per heavy atom. The third kappa shape index (κ3) is 2.99. The molecule has 0 aromatic heterocycles. The first-order valence-electron chi connectivity index (χ1n) is 9.09. The van der Waals surface area contributed by atoms with Gasteiger partial charge in [0.2, 0.25) is 11.8 Å². The van der Waals surface area contributed by atoms with E-state index >= 15 is 0 Å². The van der Waals surface area contributed by atoms with Gasteiger partial charge in [0.15, 0.2) is 5.37 Å². The van der Waals surface area contributed by atoms with Gasteiger partial charge in [-0.05, 0) is 60.8 Å². The topological polar surface area (TPSA) is 113 Å². The van der Waals surface area contributed by atoms with Gasteiger partial charge in [-0.3, -0.25) is 14.5 Å². The van der Waals surface area contributed by atoms with Crippen molar-refractivity contribution in [3.63, 3.8) is 0 Å². The molecule has 2 N–H and O–H groups in total. The van der Waals surface area contributed by atoms with Crippen molar-refractivity contribution >= 4 is 33.6 Å². The molecule has 1 unspecified atom stereocenters. The molecule has 1 fully saturated rings. The van der Waals surface area contributed by atoms with Crippen LogP contribution < -0.4 is 10.0 Å². The third-order valence-corrected chi connectivity index (χ3v) is 7.11. The quantitative estimate of drug-likeness (QED) is 0.753. The second-order valence-corrected chi connectivity index (χ2v) is 9.12. The lowest BCUT2D eigenvalue weighted by atomic mass is 9.99. The smallest absolute Gasteiger partial charge is 0.307 e. The molecular weight excluding hydrogens is 370 g/mol. The summed E-state index contributed by atoms with van der Waals surface area (Å²) in [6.07, 6.45) is 5.39. The van der Waals surface area contributed by atoms with Gasteiger partial charge in [0.25, 0.3) is 10.0 Å². The van der Waals surface area contributed by atoms with Crippen LogP contribution in [0.5, 0.6) is 0 Å². The summed E-state index contributed by atoms with van der Waals surface area (Å²) in [5, 5.41) is 1.41. The van der Waals surface area contributed by atoms with Crippen molar-refractivity contribution in [2.24, 2.45) is 0 Å². The molecule has 4 rings (SSSR count). The van der Waals surface area contributed by atoms with Gasteiger partial charge in [0, 0.05) is 12.6 Å². The van der Waals surface area contributed by atoms with E-state index in [9.17, 15) is 22.8 Å². The van der Waals surface area contributed by atoms with Crippen molar-refractivity contribution in [3.8, 4) is 0 Å². The monoisotopic (exact) mass is 391 g/mol. The minimum atomic E-state index is -4.18. The van der Waals surface area contributed by atoms with Gasteiger partial charge in [-0.15, -0.1) is 0 Å². The Kier molecular flexibility index (Phi) is 4.21. The Hall–Kier alpha value is -2.42. The highest BCUT2D eigenvalue weighted by Crippen LogP contribution is 2.38. The number of urea groups is 1. The number of carbonyl (C=O) groups excluding carboxylic acids is 3. The maximum atomic E-state index is 12.4. The van der Waals surface area contributed by atoms with Crippen LogP contribution in [-0.4, -0.2) is 36.5 Å². The number of imide groups is 1. The van der Waals surface area contributed by atoms with Crippen LogP contribution in [0.4, 0.5) is 10.5 Å². The van der Waals surface area contributed by atoms with Crippen LogP contribution in [0.1, 0.15) is 48.4 Å². The number of hydrogen-bond acceptors (Lipinski definition) is 5. The summed E-state index contributed by atoms with van der Waals surface area (Å²) in [6, 6.07) is 1.36. The summed E-state index contributed by atoms with van der Waals surface area (Å²) in [6.45, 7) is 1.12. The fourth-order valence-corrected chi connectivity index (χ4v) is 5.67. The third-order valence-electron chi connectivity index (χ3n) is 5.55. The van der Waals surface area contributed by atoms with Gasteiger partial charge in [-0.2, -0.15) is 0 Å². The molecule has 9 heteroatoms. The maximum absolute atomic E-state index is 12.4. The normalized spacial score (nSPS) is 20.7. The lowest BCUT2D eigenvalue weighted by molar-refractivity contribution is -0.153. The van der Waals surface area contributed by atoms with E-state index in [-0.39, 0.29) is 6.42 Å². The largest absolute Gasteiger partial charge is 0.332 e. The first kappa shape index (κ1) is 18.0. The van der Waals surface area contributed by atoms with Crippen molar-refractivity contribution in [1.82, 2.24) is 9.62 Å². The summed E-state index contributed by atoms with van der Waals surface area (Å²) in [4.78, 5) is 36.0. The van der Waals surface area contributed by atoms with E-state index in [0.29, 0.717) is 4.90 Å². The van der Waals surface area contributed by atoms with E-state index in [0.717, 1.165) is 62.3 Å². The number of benzene rings is 1. The zero-order chi connectivity index (χ0) is 19.3. The number of nitrogens with zero attached hydrogens (tertiary/aromatic N) is 1. The number of β-lactam (4-membered cyclic amide) rings is 1. The number of aryl methyl sites for hydroxylation is 2. The molecule has 0 saturated carbocycles. The molecule has 1 aromatic rings. The van der Waals surface area contributed by atoms with E-state index in [2.05, 4.69) is 11.4 Å². The zero-order valence-electron chi connectivity index (χ0n) is 15.0. The number of rotatable bonds is 3. The Bertz CT molecular complexity index is 929. The maximum Gasteiger partial charge on any atom is 0.332 e. The molecule has 0 radical (unpaired) electrons. The molecule has 4 amide bonds. The van der Waals surface area contributed by atoms with Crippen molar-refractivity contribution in [2.75, 3.05) is 5.32 Å². The predicted octanol–water partition coefficient (Wildman–Crippen LogP) is 1.22. The summed E-state index contributed by atoms with van der Waals surface area (Å²) >= 11 is 0. The number of amides is 4. The molecule has 3 aliphatic rings. The molecule has 2 aliphatic carbocycles. The summed E-state index contributed by atoms with van der Waals surface area (Å²) in [5.41, 5.74) is 5.36. The van der Waals surface area contributed by atoms with Crippen LogP contribution in [0.2, 0.25) is 0 Å². The van der Waals surface area contributed by atoms with Crippen LogP contribution in [0.25, 0.3) is 0 Å². The molecule has 0 bridgehead atoms. The summed E-state index contributed by atoms with van der Waals surface area (Å²) in [7, 11) is -4.18. The number of hydrogen-bond donors (Lipinski definition) is 2. The number of fused-ring (bicyclic) bond motifs is 2. The molecule has 144 valence electrons. The Labute approximate surface area is 157 Å². The number of anilines is 1. The fourth-order valence-electron chi connectivity index (χ4n) is 4.32. The van der Waals surface area contributed by atoms with Crippen molar-refractivity contribution < 1.29 is 22.8 Å². The first-order valence-corrected chi connectivity index (χ1v) is 10.6. The molecule has 1 heterocycles. The molecule has 1 aliphatic heterocycles.